The molecule has 0 spiro atoms. The van der Waals surface area contributed by atoms with Crippen LogP contribution in [0.2, 0.25) is 0 Å². The van der Waals surface area contributed by atoms with Gasteiger partial charge in [-0.1, -0.05) is 58.0 Å². The molecular weight excluding hydrogens is 843 g/mol. The van der Waals surface area contributed by atoms with Crippen LogP contribution in [-0.2, 0) is 68.4 Å². The Morgan fingerprint density at radius 2 is 1.51 bits per heavy atom. The summed E-state index contributed by atoms with van der Waals surface area (Å²) in [5, 5.41) is 23.3. The molecule has 5 rings (SSSR count). The number of carbonyl (C=O) groups is 3. The number of ketones is 1. The molecule has 1 unspecified atom stereocenters. The van der Waals surface area contributed by atoms with E-state index >= 15 is 0 Å². The minimum Gasteiger partial charge on any atom is -0.458 e. The van der Waals surface area contributed by atoms with Gasteiger partial charge in [0.2, 0.25) is 0 Å². The Bertz CT molecular complexity index is 1720. The zero-order chi connectivity index (χ0) is 48.2. The van der Waals surface area contributed by atoms with Gasteiger partial charge in [0.25, 0.3) is 0 Å². The molecule has 1 saturated carbocycles. The van der Waals surface area contributed by atoms with Gasteiger partial charge in [0.1, 0.15) is 29.2 Å². The average molecular weight is 922 g/mol. The number of benzene rings is 1. The minimum absolute atomic E-state index is 0.117. The monoisotopic (exact) mass is 922 g/mol. The Morgan fingerprint density at radius 3 is 2.12 bits per heavy atom. The van der Waals surface area contributed by atoms with Crippen molar-refractivity contribution in [1.29, 1.82) is 0 Å². The van der Waals surface area contributed by atoms with E-state index < -0.39 is 114 Å². The predicted octanol–water partition coefficient (Wildman–Crippen LogP) is 4.86. The smallest absolute Gasteiger partial charge is 0.311 e. The van der Waals surface area contributed by atoms with Crippen LogP contribution in [0.15, 0.2) is 30.3 Å². The van der Waals surface area contributed by atoms with Gasteiger partial charge in [-0.15, -0.1) is 0 Å². The molecule has 1 aromatic carbocycles. The van der Waals surface area contributed by atoms with Crippen molar-refractivity contribution in [2.24, 2.45) is 29.6 Å². The van der Waals surface area contributed by atoms with Gasteiger partial charge < -0.3 is 62.5 Å². The molecule has 19 atom stereocenters. The summed E-state index contributed by atoms with van der Waals surface area (Å²) in [5.74, 6) is -5.52. The molecule has 0 aromatic heterocycles. The summed E-state index contributed by atoms with van der Waals surface area (Å²) in [6, 6.07) is 9.86. The van der Waals surface area contributed by atoms with Crippen LogP contribution in [0.1, 0.15) is 100 Å². The highest BCUT2D eigenvalue weighted by molar-refractivity contribution is 5.84. The maximum absolute atomic E-state index is 14.4. The van der Waals surface area contributed by atoms with E-state index in [9.17, 15) is 24.6 Å². The SMILES string of the molecule is CO[C@]1(C)C[C@H](O[C@H]2[C@H](C)[C@@H](O[C@@H]3O[C@H](C)C[C@H](N(C)C)[C@H]3OCCCOCc3ccccc3)[C@@](C)(OC)C[C@@H](C)C(=O)[C@H](C)[C@@H](O)[C@@]3(O)C(C)[C@H]3OC(=O)[C@@H]2C)O[C@@H](C)[C@@H]1OC(C)=O. The van der Waals surface area contributed by atoms with Crippen molar-refractivity contribution < 1.29 is 72.0 Å². The molecule has 0 bridgehead atoms. The second-order valence-corrected chi connectivity index (χ2v) is 19.9. The van der Waals surface area contributed by atoms with Crippen LogP contribution in [0.4, 0.5) is 0 Å². The number of Topliss-reactive ketones (excluding diaryl/α,β-unsaturated/α-hetero) is 1. The number of fused-ring (bicyclic) bond motifs is 1. The lowest BCUT2D eigenvalue weighted by Gasteiger charge is -2.50. The summed E-state index contributed by atoms with van der Waals surface area (Å²) in [4.78, 5) is 43.0. The van der Waals surface area contributed by atoms with Crippen LogP contribution in [0.3, 0.4) is 0 Å². The first kappa shape index (κ1) is 53.3. The van der Waals surface area contributed by atoms with Crippen molar-refractivity contribution >= 4 is 17.7 Å². The van der Waals surface area contributed by atoms with Crippen molar-refractivity contribution in [1.82, 2.24) is 4.90 Å². The number of ether oxygens (including phenoxy) is 10. The number of rotatable bonds is 15. The molecule has 16 nitrogen and oxygen atoms in total. The lowest BCUT2D eigenvalue weighted by Crippen LogP contribution is -2.61. The summed E-state index contributed by atoms with van der Waals surface area (Å²) >= 11 is 0. The van der Waals surface area contributed by atoms with E-state index in [1.54, 1.807) is 41.7 Å². The van der Waals surface area contributed by atoms with Crippen LogP contribution in [0, 0.1) is 29.6 Å². The van der Waals surface area contributed by atoms with Crippen LogP contribution >= 0.6 is 0 Å². The minimum atomic E-state index is -1.83. The molecule has 0 radical (unpaired) electrons. The average Bonchev–Trinajstić information content (AvgIpc) is 3.79. The van der Waals surface area contributed by atoms with Crippen LogP contribution in [0.25, 0.3) is 0 Å². The molecule has 16 heteroatoms. The predicted molar refractivity (Wildman–Crippen MR) is 238 cm³/mol. The zero-order valence-corrected chi connectivity index (χ0v) is 41.2. The fourth-order valence-corrected chi connectivity index (χ4v) is 10.5. The summed E-state index contributed by atoms with van der Waals surface area (Å²) in [6.07, 6.45) is -7.15. The number of hydrogen-bond donors (Lipinski definition) is 2. The lowest BCUT2D eigenvalue weighted by atomic mass is 9.75. The van der Waals surface area contributed by atoms with Gasteiger partial charge >= 0.3 is 11.9 Å². The molecule has 3 aliphatic heterocycles. The molecule has 3 saturated heterocycles. The summed E-state index contributed by atoms with van der Waals surface area (Å²) in [6.45, 7) is 18.7. The number of esters is 2. The normalized spacial score (nSPS) is 43.0. The first-order valence-electron chi connectivity index (χ1n) is 23.5. The van der Waals surface area contributed by atoms with Crippen molar-refractivity contribution in [3.05, 3.63) is 35.9 Å². The van der Waals surface area contributed by atoms with E-state index in [2.05, 4.69) is 4.90 Å². The molecule has 0 amide bonds. The van der Waals surface area contributed by atoms with Crippen molar-refractivity contribution in [2.75, 3.05) is 41.5 Å². The second-order valence-electron chi connectivity index (χ2n) is 19.9. The Labute approximate surface area is 386 Å². The van der Waals surface area contributed by atoms with Gasteiger partial charge in [0.05, 0.1) is 48.6 Å². The maximum Gasteiger partial charge on any atom is 0.311 e. The third kappa shape index (κ3) is 12.0. The van der Waals surface area contributed by atoms with E-state index in [-0.39, 0.29) is 30.8 Å². The molecule has 3 heterocycles. The fourth-order valence-electron chi connectivity index (χ4n) is 10.5. The van der Waals surface area contributed by atoms with E-state index in [1.807, 2.05) is 72.1 Å². The van der Waals surface area contributed by atoms with Gasteiger partial charge in [-0.2, -0.15) is 0 Å². The zero-order valence-electron chi connectivity index (χ0n) is 41.2. The molecule has 1 aliphatic carbocycles. The molecule has 65 heavy (non-hydrogen) atoms. The van der Waals surface area contributed by atoms with Gasteiger partial charge in [-0.05, 0) is 73.5 Å². The Hall–Kier alpha value is -2.61. The maximum atomic E-state index is 14.4. The number of hydrogen-bond acceptors (Lipinski definition) is 16. The highest BCUT2D eigenvalue weighted by atomic mass is 16.7. The first-order valence-corrected chi connectivity index (χ1v) is 23.5. The Morgan fingerprint density at radius 1 is 0.862 bits per heavy atom. The van der Waals surface area contributed by atoms with E-state index in [0.717, 1.165) is 5.56 Å². The first-order chi connectivity index (χ1) is 30.5. The fraction of sp³-hybridized carbons (Fsp3) is 0.816. The van der Waals surface area contributed by atoms with E-state index in [4.69, 9.17) is 47.4 Å². The second kappa shape index (κ2) is 22.2. The van der Waals surface area contributed by atoms with Gasteiger partial charge in [0, 0.05) is 70.5 Å². The number of carbonyl (C=O) groups excluding carboxylic acids is 3. The van der Waals surface area contributed by atoms with Crippen molar-refractivity contribution in [3.8, 4) is 0 Å². The third-order valence-corrected chi connectivity index (χ3v) is 14.7. The van der Waals surface area contributed by atoms with E-state index in [1.165, 1.54) is 14.0 Å². The Kier molecular flexibility index (Phi) is 18.2. The lowest BCUT2D eigenvalue weighted by molar-refractivity contribution is -0.323. The quantitative estimate of drug-likeness (QED) is 0.179. The molecule has 4 aliphatic rings. The number of aliphatic hydroxyl groups excluding tert-OH is 1. The summed E-state index contributed by atoms with van der Waals surface area (Å²) in [7, 11) is 7.07. The van der Waals surface area contributed by atoms with Crippen molar-refractivity contribution in [2.45, 2.75) is 186 Å². The Balaban J connectivity index is 1.53. The molecule has 1 aromatic rings. The van der Waals surface area contributed by atoms with Crippen LogP contribution in [0.5, 0.6) is 0 Å². The van der Waals surface area contributed by atoms with E-state index in [0.29, 0.717) is 32.7 Å². The summed E-state index contributed by atoms with van der Waals surface area (Å²) < 4.78 is 64.1. The van der Waals surface area contributed by atoms with Gasteiger partial charge in [-0.25, -0.2) is 0 Å². The van der Waals surface area contributed by atoms with Gasteiger partial charge in [0.15, 0.2) is 18.7 Å². The number of nitrogens with zero attached hydrogens (tertiary/aromatic N) is 1. The van der Waals surface area contributed by atoms with Gasteiger partial charge in [-0.3, -0.25) is 14.4 Å². The third-order valence-electron chi connectivity index (χ3n) is 14.7. The largest absolute Gasteiger partial charge is 0.458 e. The number of aliphatic hydroxyl groups is 2. The molecule has 370 valence electrons. The topological polar surface area (TPSA) is 187 Å². The van der Waals surface area contributed by atoms with Crippen LogP contribution in [-0.4, -0.2) is 159 Å². The number of methoxy groups -OCH3 is 2. The highest BCUT2D eigenvalue weighted by Crippen LogP contribution is 2.52. The number of likely N-dealkylation sites (N-methyl/N-ethyl adjacent to an activating group) is 1. The van der Waals surface area contributed by atoms with Crippen LogP contribution < -0.4 is 0 Å². The standard InChI is InChI=1S/C49H79NO15/c1-27-24-47(9,56-13)42(65-46-40(36(50(11)12)23-28(2)60-46)59-22-18-21-58-26-35-19-16-15-17-20-35)30(4)39(63-37-25-48(10,57-14)44(33(7)61-37)62-34(8)51)31(5)45(54)64-43-32(6)49(43,55)41(53)29(3)38(27)52/h15-17,19-20,27-33,36-37,39-44,46,53,55H,18,21-26H2,1-14H3/t27-,28-,29+,30+,31-,32?,33+,36+,37+,39+,40-,41-,42-,43-,44+,46+,47+,48-,49+/m1/s1. The molecule has 4 fully saturated rings. The molecular formula is C49H79NO15. The summed E-state index contributed by atoms with van der Waals surface area (Å²) in [5.41, 5.74) is -3.04. The molecule has 2 N–H and O–H groups in total. The van der Waals surface area contributed by atoms with Crippen molar-refractivity contribution in [3.63, 3.8) is 0 Å². The highest BCUT2D eigenvalue weighted by Gasteiger charge is 2.70.